The smallest absolute Gasteiger partial charge is 0.303 e. The van der Waals surface area contributed by atoms with E-state index in [2.05, 4.69) is 4.74 Å². The highest BCUT2D eigenvalue weighted by molar-refractivity contribution is 5.95. The first-order valence-electron chi connectivity index (χ1n) is 5.63. The molecule has 0 N–H and O–H groups in total. The molecular weight excluding hydrogens is 243 g/mol. The highest BCUT2D eigenvalue weighted by atomic mass is 19.2. The van der Waals surface area contributed by atoms with Gasteiger partial charge in [0.25, 0.3) is 5.91 Å². The van der Waals surface area contributed by atoms with Crippen LogP contribution < -0.4 is 4.90 Å². The molecule has 0 heterocycles. The van der Waals surface area contributed by atoms with Gasteiger partial charge in [-0.05, 0) is 38.1 Å². The molecule has 0 unspecified atom stereocenters. The number of halogens is 1. The van der Waals surface area contributed by atoms with Gasteiger partial charge >= 0.3 is 5.97 Å². The number of hydrogen-bond donors (Lipinski definition) is 0. The summed E-state index contributed by atoms with van der Waals surface area (Å²) in [6.07, 6.45) is 0. The third-order valence-corrected chi connectivity index (χ3v) is 2.29. The first kappa shape index (κ1) is 14.2. The third kappa shape index (κ3) is 3.84. The van der Waals surface area contributed by atoms with Gasteiger partial charge in [-0.2, -0.15) is 0 Å². The lowest BCUT2D eigenvalue weighted by molar-refractivity contribution is -0.145. The van der Waals surface area contributed by atoms with E-state index in [1.54, 1.807) is 0 Å². The normalized spacial score (nSPS) is 10.3. The van der Waals surface area contributed by atoms with Crippen LogP contribution >= 0.6 is 0 Å². The van der Waals surface area contributed by atoms with E-state index in [-0.39, 0.29) is 24.4 Å². The summed E-state index contributed by atoms with van der Waals surface area (Å²) in [5.41, 5.74) is 0.573. The van der Waals surface area contributed by atoms with E-state index in [0.717, 1.165) is 0 Å². The van der Waals surface area contributed by atoms with Crippen LogP contribution in [0, 0.1) is 5.82 Å². The van der Waals surface area contributed by atoms with Gasteiger partial charge in [-0.3, -0.25) is 9.59 Å². The molecule has 0 atom stereocenters. The topological polar surface area (TPSA) is 46.6 Å². The molecule has 0 aromatic heterocycles. The molecule has 0 aliphatic carbocycles. The SMILES string of the molecule is CC(=O)OCC(=O)N(C(C)C)[13c]1[13cH][13cH][13c](F)[13cH][13cH]1. The number of anilines is 1. The van der Waals surface area contributed by atoms with Crippen LogP contribution in [0.15, 0.2) is 24.3 Å². The molecule has 18 heavy (non-hydrogen) atoms. The second kappa shape index (κ2) is 6.14. The van der Waals surface area contributed by atoms with Crippen LogP contribution in [0.2, 0.25) is 0 Å². The predicted molar refractivity (Wildman–Crippen MR) is 65.7 cm³/mol. The number of rotatable bonds is 4. The van der Waals surface area contributed by atoms with Crippen molar-refractivity contribution in [2.45, 2.75) is 26.8 Å². The quantitative estimate of drug-likeness (QED) is 0.778. The molecule has 0 aliphatic rings. The van der Waals surface area contributed by atoms with Gasteiger partial charge in [0, 0.05) is 18.7 Å². The molecule has 5 heteroatoms. The van der Waals surface area contributed by atoms with Crippen molar-refractivity contribution in [1.29, 1.82) is 0 Å². The first-order valence-corrected chi connectivity index (χ1v) is 5.63. The number of carbonyl (C=O) groups excluding carboxylic acids is 2. The Kier molecular flexibility index (Phi) is 4.83. The van der Waals surface area contributed by atoms with Gasteiger partial charge in [-0.25, -0.2) is 4.39 Å². The van der Waals surface area contributed by atoms with Crippen molar-refractivity contribution in [1.82, 2.24) is 0 Å². The fourth-order valence-corrected chi connectivity index (χ4v) is 1.56. The second-order valence-corrected chi connectivity index (χ2v) is 4.11. The van der Waals surface area contributed by atoms with Gasteiger partial charge in [-0.15, -0.1) is 0 Å². The molecule has 0 saturated carbocycles. The standard InChI is InChI=1S/C13H16FNO3/c1-9(2)15(13(17)8-18-10(3)16)12-6-4-11(14)5-7-12/h4-7,9H,8H2,1-3H3/i4+1,5+1,6+1,7+1,11+1,12+1. The first-order chi connectivity index (χ1) is 8.41. The summed E-state index contributed by atoms with van der Waals surface area (Å²) in [7, 11) is 0. The van der Waals surface area contributed by atoms with Crippen LogP contribution in [0.25, 0.3) is 0 Å². The van der Waals surface area contributed by atoms with Crippen LogP contribution in [0.4, 0.5) is 10.1 Å². The van der Waals surface area contributed by atoms with Crippen molar-refractivity contribution < 1.29 is 18.7 Å². The number of nitrogens with zero attached hydrogens (tertiary/aromatic N) is 1. The summed E-state index contributed by atoms with van der Waals surface area (Å²) in [5.74, 6) is -1.21. The summed E-state index contributed by atoms with van der Waals surface area (Å²) in [4.78, 5) is 24.1. The maximum absolute atomic E-state index is 12.8. The Morgan fingerprint density at radius 1 is 1.28 bits per heavy atom. The molecule has 0 fully saturated rings. The van der Waals surface area contributed by atoms with E-state index in [1.165, 1.54) is 36.1 Å². The average Bonchev–Trinajstić information content (AvgIpc) is 2.29. The maximum atomic E-state index is 12.8. The number of amides is 1. The number of ether oxygens (including phenoxy) is 1. The van der Waals surface area contributed by atoms with Crippen molar-refractivity contribution in [3.63, 3.8) is 0 Å². The van der Waals surface area contributed by atoms with Crippen molar-refractivity contribution in [3.8, 4) is 0 Å². The van der Waals surface area contributed by atoms with Crippen LogP contribution in [0.3, 0.4) is 0 Å². The molecule has 1 aromatic rings. The molecule has 0 bridgehead atoms. The molecular formula is C13H16FNO3. The number of carbonyl (C=O) groups is 2. The summed E-state index contributed by atoms with van der Waals surface area (Å²) in [6, 6.07) is 5.48. The van der Waals surface area contributed by atoms with E-state index >= 15 is 0 Å². The fourth-order valence-electron chi connectivity index (χ4n) is 1.56. The van der Waals surface area contributed by atoms with Crippen molar-refractivity contribution in [2.24, 2.45) is 0 Å². The Labute approximate surface area is 105 Å². The molecule has 1 aromatic carbocycles. The van der Waals surface area contributed by atoms with E-state index < -0.39 is 5.97 Å². The van der Waals surface area contributed by atoms with Gasteiger partial charge in [-0.1, -0.05) is 0 Å². The highest BCUT2D eigenvalue weighted by Gasteiger charge is 2.19. The molecule has 4 nitrogen and oxygen atoms in total. The number of benzene rings is 1. The maximum Gasteiger partial charge on any atom is 0.303 e. The zero-order valence-corrected chi connectivity index (χ0v) is 10.6. The molecule has 98 valence electrons. The van der Waals surface area contributed by atoms with Crippen LogP contribution in [-0.4, -0.2) is 24.5 Å². The summed E-state index contributed by atoms with van der Waals surface area (Å²) in [5, 5.41) is 0. The van der Waals surface area contributed by atoms with Gasteiger partial charge in [0.05, 0.1) is 0 Å². The van der Waals surface area contributed by atoms with Crippen LogP contribution in [-0.2, 0) is 14.3 Å². The monoisotopic (exact) mass is 259 g/mol. The van der Waals surface area contributed by atoms with Gasteiger partial charge in [0.15, 0.2) is 6.61 Å². The fraction of sp³-hybridized carbons (Fsp3) is 0.385. The molecule has 0 spiro atoms. The van der Waals surface area contributed by atoms with E-state index in [4.69, 9.17) is 0 Å². The van der Waals surface area contributed by atoms with Crippen LogP contribution in [0.1, 0.15) is 20.8 Å². The third-order valence-electron chi connectivity index (χ3n) is 2.29. The number of esters is 1. The largest absolute Gasteiger partial charge is 0.456 e. The summed E-state index contributed by atoms with van der Waals surface area (Å²) < 4.78 is 17.5. The van der Waals surface area contributed by atoms with E-state index in [9.17, 15) is 14.0 Å². The Balaban J connectivity index is 2.85. The Hall–Kier alpha value is -1.91. The molecule has 0 radical (unpaired) electrons. The van der Waals surface area contributed by atoms with Gasteiger partial charge in [0.1, 0.15) is 5.82 Å². The average molecular weight is 259 g/mol. The van der Waals surface area contributed by atoms with Crippen molar-refractivity contribution >= 4 is 17.6 Å². The lowest BCUT2D eigenvalue weighted by atomic mass is 10.3. The van der Waals surface area contributed by atoms with Crippen molar-refractivity contribution in [2.75, 3.05) is 11.5 Å². The minimum absolute atomic E-state index is 0.112. The Bertz CT molecular complexity index is 428. The zero-order chi connectivity index (χ0) is 13.7. The minimum Gasteiger partial charge on any atom is -0.456 e. The molecule has 1 amide bonds. The Morgan fingerprint density at radius 2 is 1.83 bits per heavy atom. The second-order valence-electron chi connectivity index (χ2n) is 4.11. The predicted octanol–water partition coefficient (Wildman–Crippen LogP) is 2.13. The summed E-state index contributed by atoms with van der Waals surface area (Å²) >= 11 is 0. The van der Waals surface area contributed by atoms with E-state index in [1.807, 2.05) is 13.8 Å². The highest BCUT2D eigenvalue weighted by Crippen LogP contribution is 2.18. The summed E-state index contributed by atoms with van der Waals surface area (Å²) in [6.45, 7) is 4.58. The number of hydrogen-bond acceptors (Lipinski definition) is 3. The Morgan fingerprint density at radius 3 is 2.28 bits per heavy atom. The molecule has 1 rings (SSSR count). The van der Waals surface area contributed by atoms with Crippen LogP contribution in [0.5, 0.6) is 0 Å². The lowest BCUT2D eigenvalue weighted by Gasteiger charge is -2.26. The van der Waals surface area contributed by atoms with Gasteiger partial charge < -0.3 is 9.64 Å². The van der Waals surface area contributed by atoms with E-state index in [0.29, 0.717) is 5.69 Å². The lowest BCUT2D eigenvalue weighted by Crippen LogP contribution is -2.39. The minimum atomic E-state index is -0.508. The van der Waals surface area contributed by atoms with Crippen molar-refractivity contribution in [3.05, 3.63) is 30.1 Å². The zero-order valence-electron chi connectivity index (χ0n) is 10.6. The molecule has 0 aliphatic heterocycles. The molecule has 0 saturated heterocycles. The van der Waals surface area contributed by atoms with Gasteiger partial charge in [0.2, 0.25) is 0 Å².